The van der Waals surface area contributed by atoms with Crippen LogP contribution in [0.4, 0.5) is 0 Å². The van der Waals surface area contributed by atoms with Gasteiger partial charge >= 0.3 is 0 Å². The lowest BCUT2D eigenvalue weighted by atomic mass is 10.0. The van der Waals surface area contributed by atoms with Gasteiger partial charge in [0.1, 0.15) is 29.6 Å². The number of allylic oxidation sites excluding steroid dienone is 1. The van der Waals surface area contributed by atoms with Crippen molar-refractivity contribution in [3.8, 4) is 11.5 Å². The van der Waals surface area contributed by atoms with E-state index in [-0.39, 0.29) is 11.5 Å². The number of hydrogen-bond donors (Lipinski definition) is 0. The third kappa shape index (κ3) is 3.06. The average molecular weight is 310 g/mol. The largest absolute Gasteiger partial charge is 0.489 e. The van der Waals surface area contributed by atoms with Crippen LogP contribution in [-0.2, 0) is 0 Å². The summed E-state index contributed by atoms with van der Waals surface area (Å²) in [6, 6.07) is 7.21. The van der Waals surface area contributed by atoms with Crippen molar-refractivity contribution < 1.29 is 18.7 Å². The van der Waals surface area contributed by atoms with E-state index in [2.05, 4.69) is 6.58 Å². The maximum Gasteiger partial charge on any atom is 0.232 e. The molecule has 4 nitrogen and oxygen atoms in total. The first-order valence-electron chi connectivity index (χ1n) is 7.36. The van der Waals surface area contributed by atoms with E-state index in [1.54, 1.807) is 18.2 Å². The third-order valence-corrected chi connectivity index (χ3v) is 3.46. The van der Waals surface area contributed by atoms with E-state index in [4.69, 9.17) is 13.9 Å². The molecule has 0 fully saturated rings. The molecule has 0 aliphatic carbocycles. The molecule has 118 valence electrons. The van der Waals surface area contributed by atoms with Gasteiger partial charge in [-0.15, -0.1) is 0 Å². The van der Waals surface area contributed by atoms with E-state index in [9.17, 15) is 4.79 Å². The van der Waals surface area contributed by atoms with Gasteiger partial charge < -0.3 is 13.9 Å². The van der Waals surface area contributed by atoms with E-state index in [1.165, 1.54) is 0 Å². The van der Waals surface area contributed by atoms with Gasteiger partial charge in [0.25, 0.3) is 0 Å². The predicted molar refractivity (Wildman–Crippen MR) is 87.9 cm³/mol. The van der Waals surface area contributed by atoms with Crippen molar-refractivity contribution in [2.45, 2.75) is 20.8 Å². The quantitative estimate of drug-likeness (QED) is 0.617. The Kier molecular flexibility index (Phi) is 3.82. The van der Waals surface area contributed by atoms with Crippen LogP contribution >= 0.6 is 0 Å². The minimum absolute atomic E-state index is 0.141. The number of carbonyl (C=O) groups is 1. The van der Waals surface area contributed by atoms with E-state index >= 15 is 0 Å². The highest BCUT2D eigenvalue weighted by Gasteiger charge is 2.30. The standard InChI is InChI=1S/C19H18O4/c1-11(2)10-21-15-7-12(3)18-16(9-15)23-17(19(18)20)8-14-6-5-13(4)22-14/h5-9H,1,10H2,2-4H3/b17-8-. The Morgan fingerprint density at radius 2 is 2.09 bits per heavy atom. The SMILES string of the molecule is C=C(C)COc1cc(C)c2c(c1)O/C(=C\c1ccc(C)o1)C2=O. The first kappa shape index (κ1) is 15.2. The van der Waals surface area contributed by atoms with E-state index in [1.807, 2.05) is 32.9 Å². The number of hydrogen-bond acceptors (Lipinski definition) is 4. The topological polar surface area (TPSA) is 48.7 Å². The highest BCUT2D eigenvalue weighted by Crippen LogP contribution is 2.37. The molecule has 2 heterocycles. The maximum absolute atomic E-state index is 12.5. The number of aryl methyl sites for hydroxylation is 2. The fourth-order valence-electron chi connectivity index (χ4n) is 2.43. The fraction of sp³-hybridized carbons (Fsp3) is 0.211. The van der Waals surface area contributed by atoms with Crippen LogP contribution in [0.2, 0.25) is 0 Å². The molecule has 1 aromatic carbocycles. The van der Waals surface area contributed by atoms with Crippen LogP contribution in [0.15, 0.2) is 46.6 Å². The summed E-state index contributed by atoms with van der Waals surface area (Å²) in [4.78, 5) is 12.5. The minimum Gasteiger partial charge on any atom is -0.489 e. The van der Waals surface area contributed by atoms with E-state index in [0.717, 1.165) is 16.9 Å². The Morgan fingerprint density at radius 1 is 1.30 bits per heavy atom. The molecule has 4 heteroatoms. The number of ether oxygens (including phenoxy) is 2. The number of benzene rings is 1. The maximum atomic E-state index is 12.5. The summed E-state index contributed by atoms with van der Waals surface area (Å²) in [5.74, 6) is 2.67. The van der Waals surface area contributed by atoms with Gasteiger partial charge in [-0.25, -0.2) is 0 Å². The zero-order valence-electron chi connectivity index (χ0n) is 13.4. The Balaban J connectivity index is 1.91. The zero-order chi connectivity index (χ0) is 16.6. The van der Waals surface area contributed by atoms with Gasteiger partial charge in [-0.05, 0) is 50.1 Å². The van der Waals surface area contributed by atoms with Crippen LogP contribution in [-0.4, -0.2) is 12.4 Å². The van der Waals surface area contributed by atoms with Crippen molar-refractivity contribution in [2.75, 3.05) is 6.61 Å². The molecule has 3 rings (SSSR count). The van der Waals surface area contributed by atoms with Gasteiger partial charge in [0, 0.05) is 12.1 Å². The number of fused-ring (bicyclic) bond motifs is 1. The summed E-state index contributed by atoms with van der Waals surface area (Å²) in [5, 5.41) is 0. The van der Waals surface area contributed by atoms with Crippen molar-refractivity contribution in [1.29, 1.82) is 0 Å². The highest BCUT2D eigenvalue weighted by atomic mass is 16.5. The van der Waals surface area contributed by atoms with Crippen molar-refractivity contribution in [1.82, 2.24) is 0 Å². The van der Waals surface area contributed by atoms with Crippen LogP contribution in [0.3, 0.4) is 0 Å². The molecular formula is C19H18O4. The van der Waals surface area contributed by atoms with Gasteiger partial charge in [0.15, 0.2) is 5.76 Å². The summed E-state index contributed by atoms with van der Waals surface area (Å²) in [5.41, 5.74) is 2.32. The summed E-state index contributed by atoms with van der Waals surface area (Å²) in [6.07, 6.45) is 1.61. The lowest BCUT2D eigenvalue weighted by Crippen LogP contribution is -2.00. The first-order valence-corrected chi connectivity index (χ1v) is 7.36. The molecule has 0 radical (unpaired) electrons. The van der Waals surface area contributed by atoms with Gasteiger partial charge in [-0.2, -0.15) is 0 Å². The monoisotopic (exact) mass is 310 g/mol. The molecule has 0 N–H and O–H groups in total. The van der Waals surface area contributed by atoms with Crippen LogP contribution in [0.1, 0.15) is 34.4 Å². The lowest BCUT2D eigenvalue weighted by Gasteiger charge is -2.08. The van der Waals surface area contributed by atoms with Gasteiger partial charge in [0.2, 0.25) is 5.78 Å². The summed E-state index contributed by atoms with van der Waals surface area (Å²) in [7, 11) is 0. The molecule has 0 saturated heterocycles. The van der Waals surface area contributed by atoms with Crippen LogP contribution in [0.5, 0.6) is 11.5 Å². The Bertz CT molecular complexity index is 824. The summed E-state index contributed by atoms with van der Waals surface area (Å²) < 4.78 is 16.8. The second-order valence-corrected chi connectivity index (χ2v) is 5.75. The molecule has 0 saturated carbocycles. The first-order chi connectivity index (χ1) is 10.9. The second kappa shape index (κ2) is 5.80. The van der Waals surface area contributed by atoms with Gasteiger partial charge in [0.05, 0.1) is 5.56 Å². The molecule has 0 amide bonds. The lowest BCUT2D eigenvalue weighted by molar-refractivity contribution is 0.101. The number of ketones is 1. The van der Waals surface area contributed by atoms with E-state index in [0.29, 0.717) is 29.4 Å². The molecule has 1 aliphatic heterocycles. The number of Topliss-reactive ketones (excluding diaryl/α,β-unsaturated/α-hetero) is 1. The highest BCUT2D eigenvalue weighted by molar-refractivity contribution is 6.15. The fourth-order valence-corrected chi connectivity index (χ4v) is 2.43. The van der Waals surface area contributed by atoms with Crippen LogP contribution < -0.4 is 9.47 Å². The molecule has 0 bridgehead atoms. The molecule has 1 aliphatic rings. The van der Waals surface area contributed by atoms with E-state index < -0.39 is 0 Å². The molecule has 0 atom stereocenters. The van der Waals surface area contributed by atoms with Crippen LogP contribution in [0.25, 0.3) is 6.08 Å². The second-order valence-electron chi connectivity index (χ2n) is 5.75. The molecule has 0 spiro atoms. The van der Waals surface area contributed by atoms with Crippen molar-refractivity contribution in [3.05, 3.63) is 64.8 Å². The third-order valence-electron chi connectivity index (χ3n) is 3.46. The molecule has 23 heavy (non-hydrogen) atoms. The van der Waals surface area contributed by atoms with Crippen molar-refractivity contribution in [2.24, 2.45) is 0 Å². The average Bonchev–Trinajstić information content (AvgIpc) is 3.01. The van der Waals surface area contributed by atoms with Crippen molar-refractivity contribution >= 4 is 11.9 Å². The number of furan rings is 1. The van der Waals surface area contributed by atoms with Gasteiger partial charge in [-0.3, -0.25) is 4.79 Å². The van der Waals surface area contributed by atoms with Gasteiger partial charge in [-0.1, -0.05) is 6.58 Å². The molecule has 1 aromatic heterocycles. The Labute approximate surface area is 135 Å². The molecule has 0 unspecified atom stereocenters. The Morgan fingerprint density at radius 3 is 2.74 bits per heavy atom. The Hall–Kier alpha value is -2.75. The summed E-state index contributed by atoms with van der Waals surface area (Å²) in [6.45, 7) is 9.85. The van der Waals surface area contributed by atoms with Crippen molar-refractivity contribution in [3.63, 3.8) is 0 Å². The number of rotatable bonds is 4. The number of carbonyl (C=O) groups excluding carboxylic acids is 1. The normalized spacial score (nSPS) is 14.7. The zero-order valence-corrected chi connectivity index (χ0v) is 13.4. The summed E-state index contributed by atoms with van der Waals surface area (Å²) >= 11 is 0. The smallest absolute Gasteiger partial charge is 0.232 e. The molecular weight excluding hydrogens is 292 g/mol. The predicted octanol–water partition coefficient (Wildman–Crippen LogP) is 4.47. The minimum atomic E-state index is -0.141. The molecule has 2 aromatic rings. The van der Waals surface area contributed by atoms with Crippen LogP contribution in [0, 0.1) is 13.8 Å².